The summed E-state index contributed by atoms with van der Waals surface area (Å²) in [5.74, 6) is 1.04. The minimum Gasteiger partial charge on any atom is -0.495 e. The van der Waals surface area contributed by atoms with Gasteiger partial charge in [0, 0.05) is 28.8 Å². The zero-order chi connectivity index (χ0) is 24.2. The van der Waals surface area contributed by atoms with Crippen molar-refractivity contribution in [2.24, 2.45) is 0 Å². The van der Waals surface area contributed by atoms with E-state index in [1.54, 1.807) is 18.2 Å². The van der Waals surface area contributed by atoms with Crippen molar-refractivity contribution in [3.63, 3.8) is 0 Å². The zero-order valence-corrected chi connectivity index (χ0v) is 20.0. The summed E-state index contributed by atoms with van der Waals surface area (Å²) < 4.78 is 10.8. The molecule has 9 nitrogen and oxygen atoms in total. The van der Waals surface area contributed by atoms with Gasteiger partial charge in [-0.2, -0.15) is 10.2 Å². The molecule has 1 atom stereocenters. The maximum absolute atomic E-state index is 12.5. The van der Waals surface area contributed by atoms with E-state index in [1.807, 2.05) is 36.4 Å². The lowest BCUT2D eigenvalue weighted by molar-refractivity contribution is -0.113. The van der Waals surface area contributed by atoms with Crippen LogP contribution in [0.3, 0.4) is 0 Å². The Morgan fingerprint density at radius 3 is 3.03 bits per heavy atom. The second kappa shape index (κ2) is 10.3. The molecule has 2 amide bonds. The molecule has 1 saturated heterocycles. The minimum atomic E-state index is -0.364. The van der Waals surface area contributed by atoms with Crippen molar-refractivity contribution >= 4 is 35.1 Å². The first-order valence-corrected chi connectivity index (χ1v) is 12.3. The number of cyclic esters (lactones) is 1. The van der Waals surface area contributed by atoms with Crippen molar-refractivity contribution in [1.82, 2.24) is 15.5 Å². The second-order valence-corrected chi connectivity index (χ2v) is 9.30. The molecule has 2 aliphatic heterocycles. The molecule has 0 radical (unpaired) electrons. The molecular formula is C25H25N5O4S. The lowest BCUT2D eigenvalue weighted by Crippen LogP contribution is -2.26. The van der Waals surface area contributed by atoms with Gasteiger partial charge >= 0.3 is 6.09 Å². The summed E-state index contributed by atoms with van der Waals surface area (Å²) in [6, 6.07) is 15.6. The number of carbonyl (C=O) groups is 2. The maximum atomic E-state index is 12.5. The average molecular weight is 492 g/mol. The summed E-state index contributed by atoms with van der Waals surface area (Å²) in [4.78, 5) is 26.8. The first-order valence-electron chi connectivity index (χ1n) is 11.3. The Balaban J connectivity index is 1.13. The van der Waals surface area contributed by atoms with Gasteiger partial charge in [-0.3, -0.25) is 9.69 Å². The van der Waals surface area contributed by atoms with Crippen molar-refractivity contribution in [1.29, 1.82) is 0 Å². The number of hydrogen-bond donors (Lipinski definition) is 2. The van der Waals surface area contributed by atoms with Gasteiger partial charge in [-0.05, 0) is 42.8 Å². The topological polar surface area (TPSA) is 106 Å². The van der Waals surface area contributed by atoms with E-state index in [4.69, 9.17) is 9.47 Å². The van der Waals surface area contributed by atoms with Gasteiger partial charge in [-0.1, -0.05) is 18.2 Å². The normalized spacial score (nSPS) is 17.1. The molecule has 0 saturated carbocycles. The highest BCUT2D eigenvalue weighted by atomic mass is 32.2. The molecule has 2 aromatic carbocycles. The van der Waals surface area contributed by atoms with E-state index in [2.05, 4.69) is 33.0 Å². The summed E-state index contributed by atoms with van der Waals surface area (Å²) in [7, 11) is 1.60. The Morgan fingerprint density at radius 2 is 2.14 bits per heavy atom. The highest BCUT2D eigenvalue weighted by Gasteiger charge is 2.32. The smallest absolute Gasteiger partial charge is 0.414 e. The quantitative estimate of drug-likeness (QED) is 0.460. The molecule has 5 rings (SSSR count). The number of hydrogen-bond acceptors (Lipinski definition) is 8. The van der Waals surface area contributed by atoms with Crippen LogP contribution in [0, 0.1) is 0 Å². The number of nitrogens with zero attached hydrogens (tertiary/aromatic N) is 3. The predicted molar refractivity (Wildman–Crippen MR) is 134 cm³/mol. The van der Waals surface area contributed by atoms with Gasteiger partial charge in [0.2, 0.25) is 5.91 Å². The zero-order valence-electron chi connectivity index (χ0n) is 19.2. The summed E-state index contributed by atoms with van der Waals surface area (Å²) in [6.07, 6.45) is 1.71. The van der Waals surface area contributed by atoms with Gasteiger partial charge in [0.1, 0.15) is 11.9 Å². The monoisotopic (exact) mass is 491 g/mol. The number of aromatic nitrogens is 2. The van der Waals surface area contributed by atoms with Crippen LogP contribution < -0.4 is 20.3 Å². The van der Waals surface area contributed by atoms with Crippen LogP contribution in [0.1, 0.15) is 12.0 Å². The lowest BCUT2D eigenvalue weighted by Gasteiger charge is -2.20. The second-order valence-electron chi connectivity index (χ2n) is 8.28. The van der Waals surface area contributed by atoms with Crippen LogP contribution in [0.15, 0.2) is 59.6 Å². The van der Waals surface area contributed by atoms with Gasteiger partial charge in [0.25, 0.3) is 0 Å². The molecule has 0 aliphatic carbocycles. The van der Waals surface area contributed by atoms with Gasteiger partial charge in [0.15, 0.2) is 0 Å². The predicted octanol–water partition coefficient (Wildman–Crippen LogP) is 3.70. The van der Waals surface area contributed by atoms with Gasteiger partial charge < -0.3 is 20.1 Å². The third-order valence-corrected chi connectivity index (χ3v) is 6.92. The fraction of sp³-hybridized carbons (Fsp3) is 0.280. The van der Waals surface area contributed by atoms with Crippen molar-refractivity contribution < 1.29 is 19.1 Å². The van der Waals surface area contributed by atoms with Gasteiger partial charge in [-0.15, -0.1) is 11.8 Å². The number of rotatable bonds is 8. The van der Waals surface area contributed by atoms with Gasteiger partial charge in [-0.25, -0.2) is 4.79 Å². The van der Waals surface area contributed by atoms with Crippen molar-refractivity contribution in [3.05, 3.63) is 60.3 Å². The van der Waals surface area contributed by atoms with Crippen LogP contribution in [0.4, 0.5) is 16.2 Å². The first kappa shape index (κ1) is 23.1. The molecule has 180 valence electrons. The lowest BCUT2D eigenvalue weighted by atomic mass is 10.1. The van der Waals surface area contributed by atoms with E-state index in [9.17, 15) is 9.59 Å². The van der Waals surface area contributed by atoms with E-state index in [0.29, 0.717) is 37.6 Å². The number of benzene rings is 2. The van der Waals surface area contributed by atoms with Crippen molar-refractivity contribution in [2.45, 2.75) is 24.0 Å². The fourth-order valence-corrected chi connectivity index (χ4v) is 4.85. The molecule has 10 heteroatoms. The Morgan fingerprint density at radius 1 is 1.23 bits per heavy atom. The first-order chi connectivity index (χ1) is 17.1. The Bertz CT molecular complexity index is 1250. The summed E-state index contributed by atoms with van der Waals surface area (Å²) in [6.45, 7) is 1.86. The number of ether oxygens (including phenoxy) is 2. The Kier molecular flexibility index (Phi) is 6.82. The van der Waals surface area contributed by atoms with Crippen LogP contribution in [0.25, 0.3) is 11.3 Å². The molecule has 35 heavy (non-hydrogen) atoms. The van der Waals surface area contributed by atoms with E-state index in [1.165, 1.54) is 11.8 Å². The van der Waals surface area contributed by atoms with E-state index in [-0.39, 0.29) is 18.1 Å². The highest BCUT2D eigenvalue weighted by Crippen LogP contribution is 2.35. The van der Waals surface area contributed by atoms with Crippen LogP contribution in [-0.2, 0) is 16.1 Å². The molecule has 0 bridgehead atoms. The molecule has 3 aromatic rings. The molecule has 1 unspecified atom stereocenters. The number of carbonyl (C=O) groups excluding carboxylic acids is 2. The molecule has 0 spiro atoms. The van der Waals surface area contributed by atoms with E-state index in [0.717, 1.165) is 33.1 Å². The van der Waals surface area contributed by atoms with E-state index >= 15 is 0 Å². The Hall–Kier alpha value is -3.63. The van der Waals surface area contributed by atoms with Crippen molar-refractivity contribution in [3.8, 4) is 17.0 Å². The number of nitrogens with one attached hydrogen (secondary N) is 2. The molecule has 1 aromatic heterocycles. The molecule has 3 heterocycles. The van der Waals surface area contributed by atoms with Gasteiger partial charge in [0.05, 0.1) is 37.0 Å². The van der Waals surface area contributed by atoms with Crippen LogP contribution in [0.2, 0.25) is 0 Å². The number of anilines is 2. The SMILES string of the molecule is COc1cnnc(-c2cccc(CNCCC3CN(c4ccc5c(c4)NC(=O)CS5)C(=O)O3)c2)c1. The third kappa shape index (κ3) is 5.39. The number of methoxy groups -OCH3 is 1. The maximum Gasteiger partial charge on any atom is 0.414 e. The number of thioether (sulfide) groups is 1. The molecule has 1 fully saturated rings. The third-order valence-electron chi connectivity index (χ3n) is 5.84. The summed E-state index contributed by atoms with van der Waals surface area (Å²) >= 11 is 1.50. The fourth-order valence-electron chi connectivity index (χ4n) is 4.06. The Labute approximate surface area is 207 Å². The number of fused-ring (bicyclic) bond motifs is 1. The highest BCUT2D eigenvalue weighted by molar-refractivity contribution is 8.00. The van der Waals surface area contributed by atoms with Crippen LogP contribution >= 0.6 is 11.8 Å². The van der Waals surface area contributed by atoms with Crippen molar-refractivity contribution in [2.75, 3.05) is 36.2 Å². The molecular weight excluding hydrogens is 466 g/mol. The van der Waals surface area contributed by atoms with Crippen LogP contribution in [-0.4, -0.2) is 54.3 Å². The average Bonchev–Trinajstić information content (AvgIpc) is 3.26. The summed E-state index contributed by atoms with van der Waals surface area (Å²) in [5.41, 5.74) is 4.31. The van der Waals surface area contributed by atoms with E-state index < -0.39 is 0 Å². The van der Waals surface area contributed by atoms with Crippen LogP contribution in [0.5, 0.6) is 5.75 Å². The number of amides is 2. The summed E-state index contributed by atoms with van der Waals surface area (Å²) in [5, 5.41) is 14.5. The molecule has 2 aliphatic rings. The minimum absolute atomic E-state index is 0.0328. The largest absolute Gasteiger partial charge is 0.495 e. The standard InChI is InChI=1S/C25H25N5O4S/c1-33-20-11-21(29-27-13-20)17-4-2-3-16(9-17)12-26-8-7-19-14-30(25(32)34-19)18-5-6-23-22(10-18)28-24(31)15-35-23/h2-6,9-11,13,19,26H,7-8,12,14-15H2,1H3,(H,28,31). The molecule has 2 N–H and O–H groups in total.